The molecule has 0 saturated carbocycles. The van der Waals surface area contributed by atoms with E-state index in [0.29, 0.717) is 6.04 Å². The lowest BCUT2D eigenvalue weighted by Crippen LogP contribution is -2.30. The smallest absolute Gasteiger partial charge is 0.0374 e. The number of piperidine rings is 1. The van der Waals surface area contributed by atoms with Crippen molar-refractivity contribution in [1.82, 2.24) is 5.32 Å². The standard InChI is InChI=1S/C12H17N/c1-4-6-11-9-8-10(3)13-12(11)7-5-2/h4-7,10,13H,1-2,8-9H2,3H3/b11-6-,12-7+/t10-/m1/s1. The highest BCUT2D eigenvalue weighted by molar-refractivity contribution is 5.36. The van der Waals surface area contributed by atoms with Gasteiger partial charge in [0.2, 0.25) is 0 Å². The summed E-state index contributed by atoms with van der Waals surface area (Å²) in [6.07, 6.45) is 10.1. The molecule has 1 nitrogen and oxygen atoms in total. The molecule has 1 aliphatic rings. The molecule has 1 aliphatic heterocycles. The van der Waals surface area contributed by atoms with E-state index in [9.17, 15) is 0 Å². The van der Waals surface area contributed by atoms with Crippen LogP contribution in [0.1, 0.15) is 19.8 Å². The van der Waals surface area contributed by atoms with E-state index >= 15 is 0 Å². The van der Waals surface area contributed by atoms with Crippen LogP contribution in [0.5, 0.6) is 0 Å². The second kappa shape index (κ2) is 4.70. The van der Waals surface area contributed by atoms with Crippen LogP contribution >= 0.6 is 0 Å². The first-order chi connectivity index (χ1) is 6.27. The topological polar surface area (TPSA) is 12.0 Å². The van der Waals surface area contributed by atoms with Gasteiger partial charge in [-0.2, -0.15) is 0 Å². The van der Waals surface area contributed by atoms with Gasteiger partial charge in [-0.15, -0.1) is 0 Å². The van der Waals surface area contributed by atoms with Gasteiger partial charge >= 0.3 is 0 Å². The molecule has 0 radical (unpaired) electrons. The fraction of sp³-hybridized carbons (Fsp3) is 0.333. The highest BCUT2D eigenvalue weighted by Crippen LogP contribution is 2.21. The molecule has 0 aromatic rings. The summed E-state index contributed by atoms with van der Waals surface area (Å²) >= 11 is 0. The van der Waals surface area contributed by atoms with Crippen molar-refractivity contribution >= 4 is 0 Å². The Bertz CT molecular complexity index is 258. The molecular weight excluding hydrogens is 158 g/mol. The van der Waals surface area contributed by atoms with Crippen LogP contribution in [-0.4, -0.2) is 6.04 Å². The van der Waals surface area contributed by atoms with Gasteiger partial charge in [0.1, 0.15) is 0 Å². The lowest BCUT2D eigenvalue weighted by atomic mass is 9.97. The summed E-state index contributed by atoms with van der Waals surface area (Å²) in [5.41, 5.74) is 2.52. The molecular formula is C12H17N. The molecule has 1 saturated heterocycles. The maximum atomic E-state index is 3.71. The van der Waals surface area contributed by atoms with Crippen molar-refractivity contribution in [2.45, 2.75) is 25.8 Å². The van der Waals surface area contributed by atoms with Gasteiger partial charge in [-0.25, -0.2) is 0 Å². The molecule has 0 bridgehead atoms. The summed E-state index contributed by atoms with van der Waals surface area (Å²) < 4.78 is 0. The Kier molecular flexibility index (Phi) is 3.56. The second-order valence-electron chi connectivity index (χ2n) is 3.33. The predicted molar refractivity (Wildman–Crippen MR) is 58.4 cm³/mol. The Morgan fingerprint density at radius 3 is 2.62 bits per heavy atom. The van der Waals surface area contributed by atoms with E-state index in [1.807, 2.05) is 18.2 Å². The van der Waals surface area contributed by atoms with Crippen LogP contribution < -0.4 is 5.32 Å². The van der Waals surface area contributed by atoms with Crippen LogP contribution in [0, 0.1) is 0 Å². The molecule has 0 amide bonds. The van der Waals surface area contributed by atoms with Crippen molar-refractivity contribution in [1.29, 1.82) is 0 Å². The zero-order chi connectivity index (χ0) is 9.68. The van der Waals surface area contributed by atoms with Crippen LogP contribution in [0.15, 0.2) is 48.7 Å². The van der Waals surface area contributed by atoms with Gasteiger partial charge in [-0.05, 0) is 31.4 Å². The molecule has 0 aromatic heterocycles. The highest BCUT2D eigenvalue weighted by Gasteiger charge is 2.14. The number of allylic oxidation sites excluding steroid dienone is 5. The number of rotatable bonds is 2. The van der Waals surface area contributed by atoms with Crippen molar-refractivity contribution in [2.24, 2.45) is 0 Å². The first-order valence-corrected chi connectivity index (χ1v) is 4.69. The fourth-order valence-electron chi connectivity index (χ4n) is 1.53. The maximum absolute atomic E-state index is 3.71. The molecule has 0 spiro atoms. The average molecular weight is 175 g/mol. The van der Waals surface area contributed by atoms with Crippen molar-refractivity contribution in [2.75, 3.05) is 0 Å². The van der Waals surface area contributed by atoms with Crippen molar-refractivity contribution in [3.05, 3.63) is 48.7 Å². The Hall–Kier alpha value is -1.24. The number of hydrogen-bond acceptors (Lipinski definition) is 1. The van der Waals surface area contributed by atoms with E-state index in [4.69, 9.17) is 0 Å². The first kappa shape index (κ1) is 9.85. The molecule has 1 fully saturated rings. The quantitative estimate of drug-likeness (QED) is 0.680. The fourth-order valence-corrected chi connectivity index (χ4v) is 1.53. The van der Waals surface area contributed by atoms with E-state index in [-0.39, 0.29) is 0 Å². The van der Waals surface area contributed by atoms with Crippen molar-refractivity contribution < 1.29 is 0 Å². The minimum Gasteiger partial charge on any atom is -0.382 e. The van der Waals surface area contributed by atoms with Crippen LogP contribution in [0.2, 0.25) is 0 Å². The van der Waals surface area contributed by atoms with E-state index in [2.05, 4.69) is 31.5 Å². The summed E-state index contributed by atoms with van der Waals surface area (Å²) in [4.78, 5) is 0. The molecule has 1 N–H and O–H groups in total. The van der Waals surface area contributed by atoms with E-state index in [1.54, 1.807) is 0 Å². The highest BCUT2D eigenvalue weighted by atomic mass is 14.9. The summed E-state index contributed by atoms with van der Waals surface area (Å²) in [5.74, 6) is 0. The minimum atomic E-state index is 0.563. The minimum absolute atomic E-state index is 0.563. The monoisotopic (exact) mass is 175 g/mol. The Morgan fingerprint density at radius 1 is 1.31 bits per heavy atom. The summed E-state index contributed by atoms with van der Waals surface area (Å²) in [7, 11) is 0. The SMILES string of the molecule is C=C/C=C1/CC[C@@H](C)N/C1=C/C=C. The molecule has 0 aliphatic carbocycles. The van der Waals surface area contributed by atoms with Gasteiger partial charge in [0.25, 0.3) is 0 Å². The zero-order valence-corrected chi connectivity index (χ0v) is 8.22. The van der Waals surface area contributed by atoms with Gasteiger partial charge in [0.05, 0.1) is 0 Å². The van der Waals surface area contributed by atoms with Gasteiger partial charge in [-0.3, -0.25) is 0 Å². The first-order valence-electron chi connectivity index (χ1n) is 4.69. The molecule has 0 unspecified atom stereocenters. The molecule has 1 heteroatoms. The maximum Gasteiger partial charge on any atom is 0.0374 e. The van der Waals surface area contributed by atoms with Crippen molar-refractivity contribution in [3.63, 3.8) is 0 Å². The molecule has 13 heavy (non-hydrogen) atoms. The van der Waals surface area contributed by atoms with Gasteiger partial charge in [-0.1, -0.05) is 31.4 Å². The summed E-state index contributed by atoms with van der Waals surface area (Å²) in [6.45, 7) is 9.61. The van der Waals surface area contributed by atoms with Gasteiger partial charge < -0.3 is 5.32 Å². The zero-order valence-electron chi connectivity index (χ0n) is 8.22. The van der Waals surface area contributed by atoms with E-state index in [1.165, 1.54) is 17.7 Å². The van der Waals surface area contributed by atoms with E-state index in [0.717, 1.165) is 6.42 Å². The Labute approximate surface area is 80.5 Å². The number of nitrogens with one attached hydrogen (secondary N) is 1. The molecule has 1 rings (SSSR count). The number of hydrogen-bond donors (Lipinski definition) is 1. The van der Waals surface area contributed by atoms with Gasteiger partial charge in [0, 0.05) is 11.7 Å². The van der Waals surface area contributed by atoms with E-state index < -0.39 is 0 Å². The largest absolute Gasteiger partial charge is 0.382 e. The molecule has 1 heterocycles. The normalized spacial score (nSPS) is 28.5. The Morgan fingerprint density at radius 2 is 2.00 bits per heavy atom. The average Bonchev–Trinajstić information content (AvgIpc) is 2.10. The second-order valence-corrected chi connectivity index (χ2v) is 3.33. The Balaban J connectivity index is 2.83. The van der Waals surface area contributed by atoms with Gasteiger partial charge in [0.15, 0.2) is 0 Å². The molecule has 70 valence electrons. The lowest BCUT2D eigenvalue weighted by Gasteiger charge is -2.26. The van der Waals surface area contributed by atoms with Crippen LogP contribution in [-0.2, 0) is 0 Å². The third-order valence-electron chi connectivity index (χ3n) is 2.20. The summed E-state index contributed by atoms with van der Waals surface area (Å²) in [6, 6.07) is 0.563. The van der Waals surface area contributed by atoms with Crippen LogP contribution in [0.25, 0.3) is 0 Å². The predicted octanol–water partition coefficient (Wildman–Crippen LogP) is 2.94. The summed E-state index contributed by atoms with van der Waals surface area (Å²) in [5, 5.41) is 3.43. The molecule has 0 aromatic carbocycles. The third-order valence-corrected chi connectivity index (χ3v) is 2.20. The molecule has 1 atom stereocenters. The third kappa shape index (κ3) is 2.62. The van der Waals surface area contributed by atoms with Crippen LogP contribution in [0.4, 0.5) is 0 Å². The van der Waals surface area contributed by atoms with Crippen LogP contribution in [0.3, 0.4) is 0 Å². The van der Waals surface area contributed by atoms with Crippen molar-refractivity contribution in [3.8, 4) is 0 Å². The lowest BCUT2D eigenvalue weighted by molar-refractivity contribution is 0.531.